The molecule has 0 aliphatic rings. The Morgan fingerprint density at radius 3 is 2.32 bits per heavy atom. The van der Waals surface area contributed by atoms with Gasteiger partial charge >= 0.3 is 6.18 Å². The summed E-state index contributed by atoms with van der Waals surface area (Å²) in [6.07, 6.45) is -5.03. The summed E-state index contributed by atoms with van der Waals surface area (Å²) in [7, 11) is 0. The molecule has 6 heteroatoms. The maximum absolute atomic E-state index is 13.3. The first-order valence-corrected chi connectivity index (χ1v) is 7.05. The standard InChI is InChI=1S/C16H19F3N2O/c1-12(2)21(10-6-9-20)15(22)11-14(16(17,18)19)13-7-4-3-5-8-13/h3-5,7-8,12,14H,6,10-11H2,1-2H3/t14-/m0/s1. The first-order valence-electron chi connectivity index (χ1n) is 7.05. The van der Waals surface area contributed by atoms with Crippen LogP contribution in [-0.2, 0) is 4.79 Å². The fourth-order valence-corrected chi connectivity index (χ4v) is 2.24. The molecule has 0 aliphatic heterocycles. The van der Waals surface area contributed by atoms with Crippen molar-refractivity contribution in [3.05, 3.63) is 35.9 Å². The number of amides is 1. The minimum absolute atomic E-state index is 0.0762. The van der Waals surface area contributed by atoms with Gasteiger partial charge in [-0.1, -0.05) is 30.3 Å². The van der Waals surface area contributed by atoms with Crippen LogP contribution in [0.5, 0.6) is 0 Å². The maximum Gasteiger partial charge on any atom is 0.396 e. The van der Waals surface area contributed by atoms with Crippen LogP contribution in [0.4, 0.5) is 13.2 Å². The van der Waals surface area contributed by atoms with Gasteiger partial charge in [-0.3, -0.25) is 4.79 Å². The zero-order chi connectivity index (χ0) is 16.8. The Kier molecular flexibility index (Phi) is 6.41. The number of hydrogen-bond acceptors (Lipinski definition) is 2. The molecule has 0 fully saturated rings. The van der Waals surface area contributed by atoms with Gasteiger partial charge in [0, 0.05) is 19.0 Å². The van der Waals surface area contributed by atoms with Gasteiger partial charge in [-0.25, -0.2) is 0 Å². The fraction of sp³-hybridized carbons (Fsp3) is 0.500. The van der Waals surface area contributed by atoms with Crippen LogP contribution in [0, 0.1) is 11.3 Å². The van der Waals surface area contributed by atoms with Crippen molar-refractivity contribution in [1.29, 1.82) is 5.26 Å². The van der Waals surface area contributed by atoms with E-state index >= 15 is 0 Å². The number of carbonyl (C=O) groups is 1. The molecule has 0 saturated heterocycles. The number of alkyl halides is 3. The molecule has 0 N–H and O–H groups in total. The molecule has 0 bridgehead atoms. The van der Waals surface area contributed by atoms with Gasteiger partial charge in [0.05, 0.1) is 18.4 Å². The molecule has 0 unspecified atom stereocenters. The highest BCUT2D eigenvalue weighted by atomic mass is 19.4. The van der Waals surface area contributed by atoms with Gasteiger partial charge in [0.1, 0.15) is 0 Å². The third-order valence-electron chi connectivity index (χ3n) is 3.38. The van der Waals surface area contributed by atoms with Crippen molar-refractivity contribution in [2.75, 3.05) is 6.54 Å². The lowest BCUT2D eigenvalue weighted by Crippen LogP contribution is -2.39. The zero-order valence-electron chi connectivity index (χ0n) is 12.6. The predicted molar refractivity (Wildman–Crippen MR) is 76.9 cm³/mol. The number of benzene rings is 1. The maximum atomic E-state index is 13.3. The van der Waals surface area contributed by atoms with Crippen molar-refractivity contribution in [3.63, 3.8) is 0 Å². The van der Waals surface area contributed by atoms with E-state index in [-0.39, 0.29) is 24.6 Å². The van der Waals surface area contributed by atoms with E-state index in [9.17, 15) is 18.0 Å². The van der Waals surface area contributed by atoms with Crippen LogP contribution in [0.3, 0.4) is 0 Å². The second-order valence-electron chi connectivity index (χ2n) is 5.30. The van der Waals surface area contributed by atoms with Crippen LogP contribution in [0.25, 0.3) is 0 Å². The zero-order valence-corrected chi connectivity index (χ0v) is 12.6. The summed E-state index contributed by atoms with van der Waals surface area (Å²) in [5, 5.41) is 8.60. The molecule has 1 rings (SSSR count). The Balaban J connectivity index is 2.94. The van der Waals surface area contributed by atoms with Crippen LogP contribution in [-0.4, -0.2) is 29.6 Å². The average molecular weight is 312 g/mol. The van der Waals surface area contributed by atoms with E-state index in [1.54, 1.807) is 19.9 Å². The van der Waals surface area contributed by atoms with Gasteiger partial charge in [-0.2, -0.15) is 18.4 Å². The topological polar surface area (TPSA) is 44.1 Å². The molecule has 1 aromatic carbocycles. The quantitative estimate of drug-likeness (QED) is 0.800. The van der Waals surface area contributed by atoms with E-state index < -0.39 is 24.4 Å². The monoisotopic (exact) mass is 312 g/mol. The molecule has 0 saturated carbocycles. The van der Waals surface area contributed by atoms with E-state index in [0.29, 0.717) is 0 Å². The highest BCUT2D eigenvalue weighted by Gasteiger charge is 2.42. The van der Waals surface area contributed by atoms with E-state index in [1.807, 2.05) is 6.07 Å². The third kappa shape index (κ3) is 5.06. The fourth-order valence-electron chi connectivity index (χ4n) is 2.24. The molecule has 0 spiro atoms. The Labute approximate surface area is 128 Å². The summed E-state index contributed by atoms with van der Waals surface area (Å²) in [5.74, 6) is -2.42. The SMILES string of the molecule is CC(C)N(CCC#N)C(=O)C[C@@H](c1ccccc1)C(F)(F)F. The first-order chi connectivity index (χ1) is 10.3. The molecule has 120 valence electrons. The van der Waals surface area contributed by atoms with Crippen LogP contribution < -0.4 is 0 Å². The molecule has 0 heterocycles. The number of nitrogens with zero attached hydrogens (tertiary/aromatic N) is 2. The smallest absolute Gasteiger partial charge is 0.339 e. The van der Waals surface area contributed by atoms with Crippen molar-refractivity contribution in [3.8, 4) is 6.07 Å². The average Bonchev–Trinajstić information content (AvgIpc) is 2.44. The van der Waals surface area contributed by atoms with Gasteiger partial charge in [0.15, 0.2) is 0 Å². The molecule has 0 aromatic heterocycles. The van der Waals surface area contributed by atoms with Crippen molar-refractivity contribution < 1.29 is 18.0 Å². The van der Waals surface area contributed by atoms with Crippen LogP contribution in [0.2, 0.25) is 0 Å². The highest BCUT2D eigenvalue weighted by molar-refractivity contribution is 5.77. The lowest BCUT2D eigenvalue weighted by molar-refractivity contribution is -0.161. The highest BCUT2D eigenvalue weighted by Crippen LogP contribution is 2.37. The number of nitriles is 1. The van der Waals surface area contributed by atoms with Crippen molar-refractivity contribution in [1.82, 2.24) is 4.90 Å². The molecule has 3 nitrogen and oxygen atoms in total. The number of halogens is 3. The van der Waals surface area contributed by atoms with E-state index in [4.69, 9.17) is 5.26 Å². The van der Waals surface area contributed by atoms with Gasteiger partial charge in [0.2, 0.25) is 5.91 Å². The molecule has 0 aliphatic carbocycles. The molecular weight excluding hydrogens is 293 g/mol. The van der Waals surface area contributed by atoms with Crippen molar-refractivity contribution >= 4 is 5.91 Å². The second kappa shape index (κ2) is 7.83. The minimum atomic E-state index is -4.49. The second-order valence-corrected chi connectivity index (χ2v) is 5.30. The van der Waals surface area contributed by atoms with Gasteiger partial charge < -0.3 is 4.90 Å². The Bertz CT molecular complexity index is 520. The van der Waals surface area contributed by atoms with Crippen LogP contribution in [0.15, 0.2) is 30.3 Å². The van der Waals surface area contributed by atoms with Crippen LogP contribution >= 0.6 is 0 Å². The van der Waals surface area contributed by atoms with E-state index in [0.717, 1.165) is 0 Å². The molecule has 22 heavy (non-hydrogen) atoms. The predicted octanol–water partition coefficient (Wildman–Crippen LogP) is 3.87. The number of rotatable bonds is 6. The normalized spacial score (nSPS) is 12.8. The number of hydrogen-bond donors (Lipinski definition) is 0. The summed E-state index contributed by atoms with van der Waals surface area (Å²) < 4.78 is 39.8. The molecule has 1 amide bonds. The minimum Gasteiger partial charge on any atom is -0.339 e. The lowest BCUT2D eigenvalue weighted by atomic mass is 9.94. The van der Waals surface area contributed by atoms with Crippen LogP contribution in [0.1, 0.15) is 38.2 Å². The van der Waals surface area contributed by atoms with Crippen molar-refractivity contribution in [2.45, 2.75) is 44.8 Å². The van der Waals surface area contributed by atoms with Crippen molar-refractivity contribution in [2.24, 2.45) is 0 Å². The van der Waals surface area contributed by atoms with E-state index in [1.165, 1.54) is 29.2 Å². The summed E-state index contributed by atoms with van der Waals surface area (Å²) in [4.78, 5) is 13.6. The molecular formula is C16H19F3N2O. The van der Waals surface area contributed by atoms with E-state index in [2.05, 4.69) is 0 Å². The summed E-state index contributed by atoms with van der Waals surface area (Å²) in [6, 6.07) is 9.09. The Morgan fingerprint density at radius 2 is 1.86 bits per heavy atom. The summed E-state index contributed by atoms with van der Waals surface area (Å²) >= 11 is 0. The Hall–Kier alpha value is -2.03. The van der Waals surface area contributed by atoms with Gasteiger partial charge in [0.25, 0.3) is 0 Å². The number of carbonyl (C=O) groups excluding carboxylic acids is 1. The summed E-state index contributed by atoms with van der Waals surface area (Å²) in [5.41, 5.74) is 0.0762. The van der Waals surface area contributed by atoms with Gasteiger partial charge in [-0.05, 0) is 19.4 Å². The largest absolute Gasteiger partial charge is 0.396 e. The Morgan fingerprint density at radius 1 is 1.27 bits per heavy atom. The summed E-state index contributed by atoms with van der Waals surface area (Å²) in [6.45, 7) is 3.59. The van der Waals surface area contributed by atoms with Gasteiger partial charge in [-0.15, -0.1) is 0 Å². The lowest BCUT2D eigenvalue weighted by Gasteiger charge is -2.29. The third-order valence-corrected chi connectivity index (χ3v) is 3.38. The first kappa shape index (κ1) is 18.0. The molecule has 1 atom stereocenters. The molecule has 1 aromatic rings. The molecule has 0 radical (unpaired) electrons.